The minimum atomic E-state index is 0.369. The molecule has 2 heterocycles. The molecule has 2 aliphatic rings. The highest BCUT2D eigenvalue weighted by Crippen LogP contribution is 2.30. The SMILES string of the molecule is CC(C)(C)N1CC[C@H]2CNC[C@H]2C1. The zero-order valence-corrected chi connectivity index (χ0v) is 9.14. The number of nitrogens with zero attached hydrogens (tertiary/aromatic N) is 1. The number of fused-ring (bicyclic) bond motifs is 1. The van der Waals surface area contributed by atoms with Gasteiger partial charge < -0.3 is 5.32 Å². The zero-order valence-electron chi connectivity index (χ0n) is 9.14. The summed E-state index contributed by atoms with van der Waals surface area (Å²) in [5.41, 5.74) is 0.369. The third-order valence-corrected chi connectivity index (χ3v) is 3.65. The number of likely N-dealkylation sites (tertiary alicyclic amines) is 1. The number of piperidine rings is 1. The molecule has 2 atom stereocenters. The van der Waals surface area contributed by atoms with Crippen LogP contribution in [0.25, 0.3) is 0 Å². The smallest absolute Gasteiger partial charge is 0.0125 e. The monoisotopic (exact) mass is 182 g/mol. The maximum absolute atomic E-state index is 3.51. The second-order valence-electron chi connectivity index (χ2n) is 5.58. The molecule has 0 aliphatic carbocycles. The van der Waals surface area contributed by atoms with Crippen LogP contribution in [0.15, 0.2) is 0 Å². The summed E-state index contributed by atoms with van der Waals surface area (Å²) in [6.07, 6.45) is 1.40. The quantitative estimate of drug-likeness (QED) is 0.608. The minimum Gasteiger partial charge on any atom is -0.316 e. The Hall–Kier alpha value is -0.0800. The van der Waals surface area contributed by atoms with Crippen molar-refractivity contribution < 1.29 is 0 Å². The van der Waals surface area contributed by atoms with Crippen molar-refractivity contribution in [2.24, 2.45) is 11.8 Å². The fraction of sp³-hybridized carbons (Fsp3) is 1.00. The van der Waals surface area contributed by atoms with E-state index in [1.807, 2.05) is 0 Å². The minimum absolute atomic E-state index is 0.369. The first-order chi connectivity index (χ1) is 6.07. The molecule has 0 aromatic carbocycles. The summed E-state index contributed by atoms with van der Waals surface area (Å²) < 4.78 is 0. The van der Waals surface area contributed by atoms with Gasteiger partial charge in [0.2, 0.25) is 0 Å². The molecule has 0 amide bonds. The average Bonchev–Trinajstić information content (AvgIpc) is 2.47. The maximum atomic E-state index is 3.51. The van der Waals surface area contributed by atoms with Crippen LogP contribution in [0.2, 0.25) is 0 Å². The molecule has 2 rings (SSSR count). The maximum Gasteiger partial charge on any atom is 0.0125 e. The van der Waals surface area contributed by atoms with Crippen LogP contribution >= 0.6 is 0 Å². The lowest BCUT2D eigenvalue weighted by Gasteiger charge is -2.42. The van der Waals surface area contributed by atoms with E-state index in [4.69, 9.17) is 0 Å². The molecular weight excluding hydrogens is 160 g/mol. The highest BCUT2D eigenvalue weighted by atomic mass is 15.2. The van der Waals surface area contributed by atoms with Gasteiger partial charge in [0.15, 0.2) is 0 Å². The second-order valence-corrected chi connectivity index (χ2v) is 5.58. The van der Waals surface area contributed by atoms with E-state index in [0.29, 0.717) is 5.54 Å². The molecule has 2 heteroatoms. The summed E-state index contributed by atoms with van der Waals surface area (Å²) in [4.78, 5) is 2.64. The average molecular weight is 182 g/mol. The van der Waals surface area contributed by atoms with Gasteiger partial charge in [-0.2, -0.15) is 0 Å². The van der Waals surface area contributed by atoms with Crippen LogP contribution in [0.3, 0.4) is 0 Å². The van der Waals surface area contributed by atoms with Crippen molar-refractivity contribution in [1.29, 1.82) is 0 Å². The van der Waals surface area contributed by atoms with Crippen molar-refractivity contribution in [3.63, 3.8) is 0 Å². The Labute approximate surface area is 81.7 Å². The molecule has 2 aliphatic heterocycles. The Morgan fingerprint density at radius 2 is 1.85 bits per heavy atom. The van der Waals surface area contributed by atoms with E-state index in [-0.39, 0.29) is 0 Å². The lowest BCUT2D eigenvalue weighted by Crippen LogP contribution is -2.49. The highest BCUT2D eigenvalue weighted by molar-refractivity contribution is 4.91. The van der Waals surface area contributed by atoms with Crippen molar-refractivity contribution in [2.75, 3.05) is 26.2 Å². The van der Waals surface area contributed by atoms with Crippen LogP contribution in [0.1, 0.15) is 27.2 Å². The molecule has 0 bridgehead atoms. The van der Waals surface area contributed by atoms with Gasteiger partial charge in [-0.05, 0) is 58.7 Å². The first kappa shape index (κ1) is 9.47. The van der Waals surface area contributed by atoms with Gasteiger partial charge >= 0.3 is 0 Å². The van der Waals surface area contributed by atoms with E-state index in [1.54, 1.807) is 0 Å². The van der Waals surface area contributed by atoms with Gasteiger partial charge in [-0.3, -0.25) is 4.90 Å². The number of nitrogens with one attached hydrogen (secondary N) is 1. The molecule has 76 valence electrons. The highest BCUT2D eigenvalue weighted by Gasteiger charge is 2.36. The molecule has 2 fully saturated rings. The third kappa shape index (κ3) is 1.89. The molecule has 0 radical (unpaired) electrons. The van der Waals surface area contributed by atoms with Crippen molar-refractivity contribution in [3.8, 4) is 0 Å². The molecule has 2 nitrogen and oxygen atoms in total. The molecule has 0 spiro atoms. The van der Waals surface area contributed by atoms with Gasteiger partial charge in [-0.25, -0.2) is 0 Å². The molecule has 0 aromatic heterocycles. The van der Waals surface area contributed by atoms with Gasteiger partial charge in [0.25, 0.3) is 0 Å². The molecule has 0 saturated carbocycles. The lowest BCUT2D eigenvalue weighted by molar-refractivity contribution is 0.0644. The largest absolute Gasteiger partial charge is 0.316 e. The number of rotatable bonds is 0. The number of hydrogen-bond donors (Lipinski definition) is 1. The van der Waals surface area contributed by atoms with E-state index in [9.17, 15) is 0 Å². The van der Waals surface area contributed by atoms with Crippen molar-refractivity contribution in [3.05, 3.63) is 0 Å². The van der Waals surface area contributed by atoms with Gasteiger partial charge in [0.05, 0.1) is 0 Å². The predicted octanol–water partition coefficient (Wildman–Crippen LogP) is 1.33. The Morgan fingerprint density at radius 1 is 1.15 bits per heavy atom. The summed E-state index contributed by atoms with van der Waals surface area (Å²) in [7, 11) is 0. The van der Waals surface area contributed by atoms with Crippen molar-refractivity contribution in [2.45, 2.75) is 32.7 Å². The molecule has 13 heavy (non-hydrogen) atoms. The van der Waals surface area contributed by atoms with E-state index in [2.05, 4.69) is 31.0 Å². The predicted molar refractivity (Wildman–Crippen MR) is 55.8 cm³/mol. The molecule has 2 saturated heterocycles. The lowest BCUT2D eigenvalue weighted by atomic mass is 9.86. The van der Waals surface area contributed by atoms with E-state index >= 15 is 0 Å². The molecule has 0 unspecified atom stereocenters. The zero-order chi connectivity index (χ0) is 9.47. The third-order valence-electron chi connectivity index (χ3n) is 3.65. The van der Waals surface area contributed by atoms with Gasteiger partial charge in [-0.15, -0.1) is 0 Å². The van der Waals surface area contributed by atoms with Crippen LogP contribution in [0.5, 0.6) is 0 Å². The molecule has 0 aromatic rings. The van der Waals surface area contributed by atoms with Crippen LogP contribution in [-0.2, 0) is 0 Å². The van der Waals surface area contributed by atoms with E-state index in [0.717, 1.165) is 11.8 Å². The van der Waals surface area contributed by atoms with E-state index < -0.39 is 0 Å². The summed E-state index contributed by atoms with van der Waals surface area (Å²) in [5.74, 6) is 1.89. The van der Waals surface area contributed by atoms with Crippen LogP contribution < -0.4 is 5.32 Å². The standard InChI is InChI=1S/C11H22N2/c1-11(2,3)13-5-4-9-6-12-7-10(9)8-13/h9-10,12H,4-8H2,1-3H3/t9-,10-/m0/s1. The second kappa shape index (κ2) is 3.25. The van der Waals surface area contributed by atoms with Crippen molar-refractivity contribution in [1.82, 2.24) is 10.2 Å². The fourth-order valence-electron chi connectivity index (χ4n) is 2.64. The molecule has 1 N–H and O–H groups in total. The topological polar surface area (TPSA) is 15.3 Å². The first-order valence-corrected chi connectivity index (χ1v) is 5.53. The Bertz CT molecular complexity index is 183. The summed E-state index contributed by atoms with van der Waals surface area (Å²) in [6.45, 7) is 12.1. The Balaban J connectivity index is 1.97. The van der Waals surface area contributed by atoms with Gasteiger partial charge in [0, 0.05) is 12.1 Å². The van der Waals surface area contributed by atoms with Gasteiger partial charge in [0.1, 0.15) is 0 Å². The Morgan fingerprint density at radius 3 is 2.54 bits per heavy atom. The van der Waals surface area contributed by atoms with Crippen molar-refractivity contribution >= 4 is 0 Å². The summed E-state index contributed by atoms with van der Waals surface area (Å²) in [5, 5.41) is 3.51. The molecular formula is C11H22N2. The Kier molecular flexibility index (Phi) is 2.37. The van der Waals surface area contributed by atoms with E-state index in [1.165, 1.54) is 32.6 Å². The number of hydrogen-bond acceptors (Lipinski definition) is 2. The summed E-state index contributed by atoms with van der Waals surface area (Å²) in [6, 6.07) is 0. The van der Waals surface area contributed by atoms with Crippen LogP contribution in [-0.4, -0.2) is 36.6 Å². The summed E-state index contributed by atoms with van der Waals surface area (Å²) >= 11 is 0. The van der Waals surface area contributed by atoms with Gasteiger partial charge in [-0.1, -0.05) is 0 Å². The first-order valence-electron chi connectivity index (χ1n) is 5.53. The van der Waals surface area contributed by atoms with Crippen LogP contribution in [0, 0.1) is 11.8 Å². The van der Waals surface area contributed by atoms with Crippen LogP contribution in [0.4, 0.5) is 0 Å². The fourth-order valence-corrected chi connectivity index (χ4v) is 2.64. The normalized spacial score (nSPS) is 36.2.